The van der Waals surface area contributed by atoms with E-state index in [-0.39, 0.29) is 5.82 Å². The Morgan fingerprint density at radius 1 is 0.917 bits per heavy atom. The highest BCUT2D eigenvalue weighted by Crippen LogP contribution is 2.36. The van der Waals surface area contributed by atoms with Crippen LogP contribution in [0.3, 0.4) is 0 Å². The molecule has 2 aliphatic rings. The van der Waals surface area contributed by atoms with Gasteiger partial charge >= 0.3 is 0 Å². The maximum Gasteiger partial charge on any atom is 0.195 e. The Bertz CT molecular complexity index is 670. The molecular weight excluding hydrogens is 305 g/mol. The molecule has 0 aliphatic carbocycles. The first-order chi connectivity index (χ1) is 11.8. The average Bonchev–Trinajstić information content (AvgIpc) is 3.22. The lowest BCUT2D eigenvalue weighted by molar-refractivity contribution is -0.172. The fourth-order valence-electron chi connectivity index (χ4n) is 3.71. The van der Waals surface area contributed by atoms with Crippen LogP contribution in [0.1, 0.15) is 29.5 Å². The second-order valence-corrected chi connectivity index (χ2v) is 6.54. The van der Waals surface area contributed by atoms with Gasteiger partial charge in [-0.05, 0) is 36.2 Å². The Labute approximate surface area is 142 Å². The molecule has 0 aromatic heterocycles. The van der Waals surface area contributed by atoms with E-state index in [1.54, 1.807) is 12.1 Å². The third-order valence-electron chi connectivity index (χ3n) is 4.92. The SMILES string of the molecule is Fc1ccc(C2(CCCN3Cc4ccccc4C3)OCCO2)cc1. The molecule has 2 aromatic carbocycles. The van der Waals surface area contributed by atoms with E-state index in [4.69, 9.17) is 9.47 Å². The second kappa shape index (κ2) is 6.63. The first-order valence-corrected chi connectivity index (χ1v) is 8.58. The summed E-state index contributed by atoms with van der Waals surface area (Å²) in [4.78, 5) is 2.46. The number of rotatable bonds is 5. The molecule has 2 heterocycles. The predicted octanol–water partition coefficient (Wildman–Crippen LogP) is 3.82. The van der Waals surface area contributed by atoms with Crippen LogP contribution in [0.15, 0.2) is 48.5 Å². The molecule has 2 aliphatic heterocycles. The first kappa shape index (κ1) is 15.8. The van der Waals surface area contributed by atoms with Crippen molar-refractivity contribution in [3.8, 4) is 0 Å². The standard InChI is InChI=1S/C20H22FNO2/c21-19-8-6-18(7-9-19)20(23-12-13-24-20)10-3-11-22-14-16-4-1-2-5-17(16)15-22/h1-2,4-9H,3,10-15H2. The lowest BCUT2D eigenvalue weighted by atomic mass is 10.0. The highest BCUT2D eigenvalue weighted by atomic mass is 19.1. The summed E-state index contributed by atoms with van der Waals surface area (Å²) in [6.45, 7) is 4.21. The molecule has 0 radical (unpaired) electrons. The number of fused-ring (bicyclic) bond motifs is 1. The highest BCUT2D eigenvalue weighted by Gasteiger charge is 2.38. The van der Waals surface area contributed by atoms with Gasteiger partial charge in [-0.15, -0.1) is 0 Å². The number of nitrogens with zero attached hydrogens (tertiary/aromatic N) is 1. The van der Waals surface area contributed by atoms with Gasteiger partial charge in [0, 0.05) is 25.1 Å². The van der Waals surface area contributed by atoms with Gasteiger partial charge in [0.2, 0.25) is 0 Å². The summed E-state index contributed by atoms with van der Waals surface area (Å²) in [5.74, 6) is -0.943. The number of ether oxygens (including phenoxy) is 2. The Morgan fingerprint density at radius 2 is 1.54 bits per heavy atom. The fourth-order valence-corrected chi connectivity index (χ4v) is 3.71. The molecule has 3 nitrogen and oxygen atoms in total. The smallest absolute Gasteiger partial charge is 0.195 e. The zero-order valence-corrected chi connectivity index (χ0v) is 13.7. The van der Waals surface area contributed by atoms with Crippen molar-refractivity contribution in [3.63, 3.8) is 0 Å². The molecule has 0 N–H and O–H groups in total. The van der Waals surface area contributed by atoms with Crippen molar-refractivity contribution in [1.29, 1.82) is 0 Å². The summed E-state index contributed by atoms with van der Waals surface area (Å²) in [6, 6.07) is 15.1. The molecule has 0 atom stereocenters. The monoisotopic (exact) mass is 327 g/mol. The Kier molecular flexibility index (Phi) is 4.35. The maximum absolute atomic E-state index is 13.2. The molecule has 0 unspecified atom stereocenters. The highest BCUT2D eigenvalue weighted by molar-refractivity contribution is 5.30. The van der Waals surface area contributed by atoms with Gasteiger partial charge in [-0.2, -0.15) is 0 Å². The normalized spacial score (nSPS) is 19.5. The van der Waals surface area contributed by atoms with E-state index in [2.05, 4.69) is 29.2 Å². The fraction of sp³-hybridized carbons (Fsp3) is 0.400. The van der Waals surface area contributed by atoms with E-state index in [0.29, 0.717) is 13.2 Å². The van der Waals surface area contributed by atoms with Crippen molar-refractivity contribution in [2.45, 2.75) is 31.7 Å². The van der Waals surface area contributed by atoms with Crippen LogP contribution in [0.25, 0.3) is 0 Å². The number of benzene rings is 2. The Balaban J connectivity index is 1.38. The molecule has 4 heteroatoms. The summed E-state index contributed by atoms with van der Waals surface area (Å²) < 4.78 is 25.1. The van der Waals surface area contributed by atoms with Gasteiger partial charge in [0.25, 0.3) is 0 Å². The molecule has 24 heavy (non-hydrogen) atoms. The summed E-state index contributed by atoms with van der Waals surface area (Å²) in [5.41, 5.74) is 3.77. The van der Waals surface area contributed by atoms with Gasteiger partial charge in [-0.25, -0.2) is 4.39 Å². The molecule has 4 rings (SSSR count). The number of hydrogen-bond donors (Lipinski definition) is 0. The molecule has 0 bridgehead atoms. The van der Waals surface area contributed by atoms with Crippen molar-refractivity contribution in [2.75, 3.05) is 19.8 Å². The lowest BCUT2D eigenvalue weighted by Gasteiger charge is -2.28. The molecule has 2 aromatic rings. The Morgan fingerprint density at radius 3 is 2.17 bits per heavy atom. The largest absolute Gasteiger partial charge is 0.343 e. The van der Waals surface area contributed by atoms with Gasteiger partial charge in [-0.3, -0.25) is 4.90 Å². The van der Waals surface area contributed by atoms with Crippen LogP contribution >= 0.6 is 0 Å². The van der Waals surface area contributed by atoms with E-state index in [1.165, 1.54) is 23.3 Å². The van der Waals surface area contributed by atoms with E-state index >= 15 is 0 Å². The third kappa shape index (κ3) is 3.09. The zero-order chi connectivity index (χ0) is 16.4. The Hall–Kier alpha value is -1.75. The summed E-state index contributed by atoms with van der Waals surface area (Å²) >= 11 is 0. The minimum absolute atomic E-state index is 0.235. The topological polar surface area (TPSA) is 21.7 Å². The van der Waals surface area contributed by atoms with Crippen LogP contribution in [0, 0.1) is 5.82 Å². The number of hydrogen-bond acceptors (Lipinski definition) is 3. The second-order valence-electron chi connectivity index (χ2n) is 6.54. The average molecular weight is 327 g/mol. The van der Waals surface area contributed by atoms with Crippen LogP contribution in [-0.4, -0.2) is 24.7 Å². The molecule has 0 saturated carbocycles. The van der Waals surface area contributed by atoms with E-state index < -0.39 is 5.79 Å². The lowest BCUT2D eigenvalue weighted by Crippen LogP contribution is -2.29. The molecule has 0 amide bonds. The summed E-state index contributed by atoms with van der Waals surface area (Å²) in [6.07, 6.45) is 1.76. The zero-order valence-electron chi connectivity index (χ0n) is 13.7. The van der Waals surface area contributed by atoms with E-state index in [1.807, 2.05) is 0 Å². The molecular formula is C20H22FNO2. The van der Waals surface area contributed by atoms with E-state index in [9.17, 15) is 4.39 Å². The maximum atomic E-state index is 13.2. The molecule has 0 spiro atoms. The summed E-state index contributed by atoms with van der Waals surface area (Å²) in [7, 11) is 0. The van der Waals surface area contributed by atoms with Crippen molar-refractivity contribution in [3.05, 3.63) is 71.0 Å². The number of halogens is 1. The first-order valence-electron chi connectivity index (χ1n) is 8.58. The molecule has 1 saturated heterocycles. The van der Waals surface area contributed by atoms with Crippen molar-refractivity contribution in [2.24, 2.45) is 0 Å². The minimum Gasteiger partial charge on any atom is -0.343 e. The van der Waals surface area contributed by atoms with Crippen molar-refractivity contribution >= 4 is 0 Å². The van der Waals surface area contributed by atoms with Gasteiger partial charge in [0.15, 0.2) is 5.79 Å². The van der Waals surface area contributed by atoms with Gasteiger partial charge < -0.3 is 9.47 Å². The van der Waals surface area contributed by atoms with Crippen LogP contribution in [-0.2, 0) is 28.4 Å². The van der Waals surface area contributed by atoms with Crippen LogP contribution in [0.4, 0.5) is 4.39 Å². The summed E-state index contributed by atoms with van der Waals surface area (Å²) in [5, 5.41) is 0. The van der Waals surface area contributed by atoms with Crippen LogP contribution in [0.5, 0.6) is 0 Å². The quantitative estimate of drug-likeness (QED) is 0.833. The third-order valence-corrected chi connectivity index (χ3v) is 4.92. The van der Waals surface area contributed by atoms with Crippen LogP contribution in [0.2, 0.25) is 0 Å². The van der Waals surface area contributed by atoms with Gasteiger partial charge in [0.05, 0.1) is 13.2 Å². The predicted molar refractivity (Wildman–Crippen MR) is 89.8 cm³/mol. The van der Waals surface area contributed by atoms with Gasteiger partial charge in [-0.1, -0.05) is 36.4 Å². The minimum atomic E-state index is -0.708. The molecule has 1 fully saturated rings. The van der Waals surface area contributed by atoms with Crippen LogP contribution < -0.4 is 0 Å². The van der Waals surface area contributed by atoms with Gasteiger partial charge in [0.1, 0.15) is 5.82 Å². The van der Waals surface area contributed by atoms with Crippen molar-refractivity contribution in [1.82, 2.24) is 4.90 Å². The van der Waals surface area contributed by atoms with E-state index in [0.717, 1.165) is 38.0 Å². The molecule has 126 valence electrons. The van der Waals surface area contributed by atoms with Crippen molar-refractivity contribution < 1.29 is 13.9 Å².